The lowest BCUT2D eigenvalue weighted by Crippen LogP contribution is -2.20. The van der Waals surface area contributed by atoms with Crippen LogP contribution in [0.5, 0.6) is 0 Å². The summed E-state index contributed by atoms with van der Waals surface area (Å²) in [7, 11) is -3.29. The Morgan fingerprint density at radius 2 is 1.75 bits per heavy atom. The van der Waals surface area contributed by atoms with E-state index in [0.717, 1.165) is 31.9 Å². The van der Waals surface area contributed by atoms with Crippen molar-refractivity contribution in [1.82, 2.24) is 0 Å². The van der Waals surface area contributed by atoms with Gasteiger partial charge in [-0.05, 0) is 61.6 Å². The number of hydrogen-bond acceptors (Lipinski definition) is 6. The molecule has 0 bridgehead atoms. The van der Waals surface area contributed by atoms with Crippen LogP contribution in [0.1, 0.15) is 45.8 Å². The van der Waals surface area contributed by atoms with Crippen LogP contribution in [0.3, 0.4) is 0 Å². The Labute approximate surface area is 168 Å². The zero-order valence-electron chi connectivity index (χ0n) is 15.7. The fourth-order valence-corrected chi connectivity index (χ4v) is 4.91. The first-order valence-electron chi connectivity index (χ1n) is 9.21. The van der Waals surface area contributed by atoms with Gasteiger partial charge >= 0.3 is 5.97 Å². The van der Waals surface area contributed by atoms with Crippen LogP contribution in [0.15, 0.2) is 35.2 Å². The molecule has 8 heteroatoms. The number of carbonyl (C=O) groups excluding carboxylic acids is 2. The molecule has 1 aliphatic rings. The standard InChI is InChI=1S/C20H23NO5S2/c1-28(24,25)16-10-8-15(9-11-16)21-19(22)13-26-20(23)18-12-14-6-4-2-3-5-7-17(14)27-18/h8-12H,2-7,13H2,1H3,(H,21,22). The third kappa shape index (κ3) is 5.42. The Bertz CT molecular complexity index is 935. The van der Waals surface area contributed by atoms with Crippen molar-refractivity contribution < 1.29 is 22.7 Å². The lowest BCUT2D eigenvalue weighted by atomic mass is 10.00. The molecule has 0 unspecified atom stereocenters. The summed E-state index contributed by atoms with van der Waals surface area (Å²) in [5, 5.41) is 2.59. The van der Waals surface area contributed by atoms with Crippen LogP contribution >= 0.6 is 11.3 Å². The Morgan fingerprint density at radius 3 is 2.43 bits per heavy atom. The number of hydrogen-bond donors (Lipinski definition) is 1. The Morgan fingerprint density at radius 1 is 1.07 bits per heavy atom. The van der Waals surface area contributed by atoms with E-state index in [1.807, 2.05) is 6.07 Å². The normalized spacial score (nSPS) is 14.5. The van der Waals surface area contributed by atoms with Crippen molar-refractivity contribution in [2.24, 2.45) is 0 Å². The summed E-state index contributed by atoms with van der Waals surface area (Å²) in [4.78, 5) is 26.3. The largest absolute Gasteiger partial charge is 0.451 e. The summed E-state index contributed by atoms with van der Waals surface area (Å²) >= 11 is 1.46. The molecule has 6 nitrogen and oxygen atoms in total. The minimum Gasteiger partial charge on any atom is -0.451 e. The van der Waals surface area contributed by atoms with Crippen molar-refractivity contribution in [3.8, 4) is 0 Å². The monoisotopic (exact) mass is 421 g/mol. The van der Waals surface area contributed by atoms with Crippen LogP contribution in [0.4, 0.5) is 5.69 Å². The maximum Gasteiger partial charge on any atom is 0.348 e. The molecule has 1 N–H and O–H groups in total. The molecule has 150 valence electrons. The third-order valence-corrected chi connectivity index (χ3v) is 6.94. The molecule has 2 aromatic rings. The topological polar surface area (TPSA) is 89.5 Å². The van der Waals surface area contributed by atoms with Gasteiger partial charge in [0.15, 0.2) is 16.4 Å². The fourth-order valence-electron chi connectivity index (χ4n) is 3.13. The van der Waals surface area contributed by atoms with Gasteiger partial charge in [-0.3, -0.25) is 4.79 Å². The van der Waals surface area contributed by atoms with E-state index >= 15 is 0 Å². The van der Waals surface area contributed by atoms with Gasteiger partial charge in [0.25, 0.3) is 5.91 Å². The van der Waals surface area contributed by atoms with Crippen LogP contribution in [0.25, 0.3) is 0 Å². The van der Waals surface area contributed by atoms with E-state index < -0.39 is 28.3 Å². The van der Waals surface area contributed by atoms with E-state index in [1.54, 1.807) is 0 Å². The first kappa shape index (κ1) is 20.5. The van der Waals surface area contributed by atoms with Crippen molar-refractivity contribution >= 4 is 38.7 Å². The number of aryl methyl sites for hydroxylation is 2. The van der Waals surface area contributed by atoms with E-state index in [0.29, 0.717) is 10.6 Å². The van der Waals surface area contributed by atoms with Gasteiger partial charge in [0.1, 0.15) is 4.88 Å². The average molecular weight is 422 g/mol. The van der Waals surface area contributed by atoms with Gasteiger partial charge in [0.05, 0.1) is 4.90 Å². The zero-order chi connectivity index (χ0) is 20.1. The molecule has 1 aromatic carbocycles. The molecule has 0 saturated carbocycles. The Hall–Kier alpha value is -2.19. The summed E-state index contributed by atoms with van der Waals surface area (Å²) < 4.78 is 28.0. The first-order chi connectivity index (χ1) is 13.3. The smallest absolute Gasteiger partial charge is 0.348 e. The molecule has 0 spiro atoms. The summed E-state index contributed by atoms with van der Waals surface area (Å²) in [6.45, 7) is -0.394. The minimum atomic E-state index is -3.29. The number of benzene rings is 1. The number of rotatable bonds is 5. The number of ether oxygens (including phenoxy) is 1. The van der Waals surface area contributed by atoms with Gasteiger partial charge in [-0.15, -0.1) is 11.3 Å². The third-order valence-electron chi connectivity index (χ3n) is 4.60. The highest BCUT2D eigenvalue weighted by atomic mass is 32.2. The molecule has 1 aliphatic carbocycles. The predicted octanol–water partition coefficient (Wildman–Crippen LogP) is 3.61. The lowest BCUT2D eigenvalue weighted by molar-refractivity contribution is -0.119. The van der Waals surface area contributed by atoms with Crippen molar-refractivity contribution in [1.29, 1.82) is 0 Å². The molecule has 28 heavy (non-hydrogen) atoms. The number of fused-ring (bicyclic) bond motifs is 1. The van der Waals surface area contributed by atoms with E-state index in [1.165, 1.54) is 58.9 Å². The van der Waals surface area contributed by atoms with Crippen molar-refractivity contribution in [2.75, 3.05) is 18.2 Å². The molecule has 1 aromatic heterocycles. The van der Waals surface area contributed by atoms with Crippen LogP contribution in [-0.2, 0) is 32.2 Å². The predicted molar refractivity (Wildman–Crippen MR) is 109 cm³/mol. The Kier molecular flexibility index (Phi) is 6.51. The number of anilines is 1. The minimum absolute atomic E-state index is 0.171. The van der Waals surface area contributed by atoms with E-state index in [2.05, 4.69) is 5.32 Å². The van der Waals surface area contributed by atoms with E-state index in [4.69, 9.17) is 4.74 Å². The highest BCUT2D eigenvalue weighted by molar-refractivity contribution is 7.90. The average Bonchev–Trinajstić information content (AvgIpc) is 3.01. The van der Waals surface area contributed by atoms with Gasteiger partial charge in [-0.1, -0.05) is 12.8 Å². The molecule has 0 atom stereocenters. The quantitative estimate of drug-likeness (QED) is 0.745. The zero-order valence-corrected chi connectivity index (χ0v) is 17.3. The number of thiophene rings is 1. The second-order valence-corrected chi connectivity index (χ2v) is 10.0. The summed E-state index contributed by atoms with van der Waals surface area (Å²) in [6.07, 6.45) is 7.83. The SMILES string of the molecule is CS(=O)(=O)c1ccc(NC(=O)COC(=O)c2cc3c(s2)CCCCCC3)cc1. The molecule has 0 fully saturated rings. The maximum atomic E-state index is 12.3. The highest BCUT2D eigenvalue weighted by Crippen LogP contribution is 2.29. The van der Waals surface area contributed by atoms with Gasteiger partial charge in [-0.25, -0.2) is 13.2 Å². The summed E-state index contributed by atoms with van der Waals surface area (Å²) in [5.41, 5.74) is 1.67. The molecule has 0 aliphatic heterocycles. The molecule has 3 rings (SSSR count). The molecule has 0 saturated heterocycles. The van der Waals surface area contributed by atoms with Gasteiger partial charge in [-0.2, -0.15) is 0 Å². The second-order valence-electron chi connectivity index (χ2n) is 6.89. The van der Waals surface area contributed by atoms with Gasteiger partial charge in [0, 0.05) is 16.8 Å². The maximum absolute atomic E-state index is 12.3. The van der Waals surface area contributed by atoms with E-state index in [9.17, 15) is 18.0 Å². The highest BCUT2D eigenvalue weighted by Gasteiger charge is 2.18. The summed E-state index contributed by atoms with van der Waals surface area (Å²) in [6, 6.07) is 7.72. The Balaban J connectivity index is 1.54. The van der Waals surface area contributed by atoms with Crippen molar-refractivity contribution in [2.45, 2.75) is 43.4 Å². The molecular weight excluding hydrogens is 398 g/mol. The van der Waals surface area contributed by atoms with Crippen LogP contribution in [0, 0.1) is 0 Å². The second kappa shape index (κ2) is 8.87. The van der Waals surface area contributed by atoms with Crippen LogP contribution in [0.2, 0.25) is 0 Å². The molecule has 1 amide bonds. The summed E-state index contributed by atoms with van der Waals surface area (Å²) in [5.74, 6) is -0.963. The number of carbonyl (C=O) groups is 2. The first-order valence-corrected chi connectivity index (χ1v) is 11.9. The molecular formula is C20H23NO5S2. The fraction of sp³-hybridized carbons (Fsp3) is 0.400. The van der Waals surface area contributed by atoms with E-state index in [-0.39, 0.29) is 4.90 Å². The van der Waals surface area contributed by atoms with Crippen molar-refractivity contribution in [3.63, 3.8) is 0 Å². The van der Waals surface area contributed by atoms with Crippen LogP contribution in [-0.4, -0.2) is 33.2 Å². The van der Waals surface area contributed by atoms with Gasteiger partial charge < -0.3 is 10.1 Å². The van der Waals surface area contributed by atoms with Crippen LogP contribution < -0.4 is 5.32 Å². The lowest BCUT2D eigenvalue weighted by Gasteiger charge is -2.07. The molecule has 1 heterocycles. The van der Waals surface area contributed by atoms with Crippen molar-refractivity contribution in [3.05, 3.63) is 45.6 Å². The number of amides is 1. The van der Waals surface area contributed by atoms with Gasteiger partial charge in [0.2, 0.25) is 0 Å². The number of sulfone groups is 1. The number of nitrogens with one attached hydrogen (secondary N) is 1. The molecule has 0 radical (unpaired) electrons. The number of esters is 1.